The molecule has 2 rings (SSSR count). The lowest BCUT2D eigenvalue weighted by molar-refractivity contribution is 0.448. The van der Waals surface area contributed by atoms with Gasteiger partial charge in [0.05, 0.1) is 5.69 Å². The number of aryl methyl sites for hydroxylation is 2. The van der Waals surface area contributed by atoms with E-state index in [1.807, 2.05) is 11.3 Å². The van der Waals surface area contributed by atoms with E-state index in [0.29, 0.717) is 0 Å². The van der Waals surface area contributed by atoms with Crippen LogP contribution in [0.2, 0.25) is 0 Å². The number of nitrogens with zero attached hydrogens (tertiary/aromatic N) is 1. The van der Waals surface area contributed by atoms with E-state index >= 15 is 0 Å². The van der Waals surface area contributed by atoms with Crippen LogP contribution in [0, 0.1) is 19.8 Å². The Kier molecular flexibility index (Phi) is 3.42. The third kappa shape index (κ3) is 2.79. The van der Waals surface area contributed by atoms with Crippen molar-refractivity contribution in [2.45, 2.75) is 52.6 Å². The van der Waals surface area contributed by atoms with Crippen molar-refractivity contribution in [2.24, 2.45) is 5.92 Å². The molecule has 1 N–H and O–H groups in total. The number of hydrogen-bond donors (Lipinski definition) is 1. The molecule has 0 saturated heterocycles. The Morgan fingerprint density at radius 2 is 2.20 bits per heavy atom. The van der Waals surface area contributed by atoms with E-state index in [2.05, 4.69) is 31.1 Å². The topological polar surface area (TPSA) is 24.9 Å². The van der Waals surface area contributed by atoms with E-state index < -0.39 is 0 Å². The van der Waals surface area contributed by atoms with Gasteiger partial charge in [0.25, 0.3) is 0 Å². The molecule has 84 valence electrons. The molecule has 1 heterocycles. The molecule has 1 unspecified atom stereocenters. The predicted octanol–water partition coefficient (Wildman–Crippen LogP) is 3.04. The summed E-state index contributed by atoms with van der Waals surface area (Å²) in [5, 5.41) is 4.88. The summed E-state index contributed by atoms with van der Waals surface area (Å²) in [6.07, 6.45) is 4.08. The standard InChI is InChI=1S/C12H20N2S/c1-4-11(10-5-6-10)13-7-12-14-8(2)9(3)15-12/h10-11,13H,4-7H2,1-3H3. The van der Waals surface area contributed by atoms with Gasteiger partial charge in [0.1, 0.15) is 5.01 Å². The Morgan fingerprint density at radius 3 is 2.67 bits per heavy atom. The van der Waals surface area contributed by atoms with Gasteiger partial charge in [0, 0.05) is 17.5 Å². The van der Waals surface area contributed by atoms with Crippen molar-refractivity contribution in [1.82, 2.24) is 10.3 Å². The van der Waals surface area contributed by atoms with Gasteiger partial charge >= 0.3 is 0 Å². The second-order valence-electron chi connectivity index (χ2n) is 4.48. The lowest BCUT2D eigenvalue weighted by atomic mass is 10.1. The van der Waals surface area contributed by atoms with Crippen molar-refractivity contribution in [1.29, 1.82) is 0 Å². The highest BCUT2D eigenvalue weighted by atomic mass is 32.1. The summed E-state index contributed by atoms with van der Waals surface area (Å²) in [7, 11) is 0. The molecule has 0 spiro atoms. The molecule has 0 aliphatic heterocycles. The van der Waals surface area contributed by atoms with Gasteiger partial charge in [-0.2, -0.15) is 0 Å². The lowest BCUT2D eigenvalue weighted by Crippen LogP contribution is -2.29. The summed E-state index contributed by atoms with van der Waals surface area (Å²) in [6.45, 7) is 7.46. The highest BCUT2D eigenvalue weighted by Crippen LogP contribution is 2.34. The molecular formula is C12H20N2S. The molecule has 15 heavy (non-hydrogen) atoms. The second-order valence-corrected chi connectivity index (χ2v) is 5.77. The van der Waals surface area contributed by atoms with Crippen LogP contribution in [-0.2, 0) is 6.54 Å². The average Bonchev–Trinajstić information content (AvgIpc) is 2.97. The van der Waals surface area contributed by atoms with Gasteiger partial charge in [-0.15, -0.1) is 11.3 Å². The fourth-order valence-corrected chi connectivity index (χ4v) is 2.86. The maximum atomic E-state index is 4.55. The molecule has 1 aromatic heterocycles. The lowest BCUT2D eigenvalue weighted by Gasteiger charge is -2.14. The summed E-state index contributed by atoms with van der Waals surface area (Å²) in [4.78, 5) is 5.91. The first-order valence-electron chi connectivity index (χ1n) is 5.87. The zero-order valence-electron chi connectivity index (χ0n) is 9.84. The van der Waals surface area contributed by atoms with Gasteiger partial charge in [-0.1, -0.05) is 6.92 Å². The highest BCUT2D eigenvalue weighted by molar-refractivity contribution is 7.11. The van der Waals surface area contributed by atoms with Gasteiger partial charge in [0.15, 0.2) is 0 Å². The normalized spacial score (nSPS) is 18.1. The fourth-order valence-electron chi connectivity index (χ4n) is 1.98. The van der Waals surface area contributed by atoms with Crippen LogP contribution in [0.4, 0.5) is 0 Å². The van der Waals surface area contributed by atoms with Crippen LogP contribution in [-0.4, -0.2) is 11.0 Å². The minimum absolute atomic E-state index is 0.717. The summed E-state index contributed by atoms with van der Waals surface area (Å²) in [5.41, 5.74) is 1.19. The highest BCUT2D eigenvalue weighted by Gasteiger charge is 2.29. The number of aromatic nitrogens is 1. The third-order valence-corrected chi connectivity index (χ3v) is 4.29. The van der Waals surface area contributed by atoms with Crippen LogP contribution in [0.1, 0.15) is 41.8 Å². The van der Waals surface area contributed by atoms with Crippen LogP contribution in [0.25, 0.3) is 0 Å². The van der Waals surface area contributed by atoms with E-state index in [0.717, 1.165) is 18.5 Å². The van der Waals surface area contributed by atoms with E-state index in [1.165, 1.54) is 34.8 Å². The first-order valence-corrected chi connectivity index (χ1v) is 6.68. The van der Waals surface area contributed by atoms with E-state index in [4.69, 9.17) is 0 Å². The molecule has 1 aliphatic rings. The van der Waals surface area contributed by atoms with Gasteiger partial charge in [-0.3, -0.25) is 0 Å². The molecule has 1 saturated carbocycles. The Labute approximate surface area is 96.1 Å². The maximum absolute atomic E-state index is 4.55. The zero-order valence-corrected chi connectivity index (χ0v) is 10.7. The molecule has 0 amide bonds. The van der Waals surface area contributed by atoms with E-state index in [-0.39, 0.29) is 0 Å². The maximum Gasteiger partial charge on any atom is 0.107 e. The third-order valence-electron chi connectivity index (χ3n) is 3.22. The second kappa shape index (κ2) is 4.62. The van der Waals surface area contributed by atoms with Crippen LogP contribution in [0.15, 0.2) is 0 Å². The number of nitrogens with one attached hydrogen (secondary N) is 1. The smallest absolute Gasteiger partial charge is 0.107 e. The van der Waals surface area contributed by atoms with Gasteiger partial charge in [-0.05, 0) is 39.0 Å². The van der Waals surface area contributed by atoms with Crippen LogP contribution in [0.3, 0.4) is 0 Å². The zero-order chi connectivity index (χ0) is 10.8. The van der Waals surface area contributed by atoms with Crippen molar-refractivity contribution in [3.63, 3.8) is 0 Å². The molecule has 1 aliphatic carbocycles. The van der Waals surface area contributed by atoms with Crippen LogP contribution >= 0.6 is 11.3 Å². The van der Waals surface area contributed by atoms with E-state index in [9.17, 15) is 0 Å². The summed E-state index contributed by atoms with van der Waals surface area (Å²) < 4.78 is 0. The minimum atomic E-state index is 0.717. The van der Waals surface area contributed by atoms with Crippen molar-refractivity contribution in [2.75, 3.05) is 0 Å². The molecule has 1 aromatic rings. The molecule has 1 fully saturated rings. The SMILES string of the molecule is CCC(NCc1nc(C)c(C)s1)C1CC1. The number of thiazole rings is 1. The van der Waals surface area contributed by atoms with Crippen molar-refractivity contribution in [3.8, 4) is 0 Å². The van der Waals surface area contributed by atoms with Crippen LogP contribution < -0.4 is 5.32 Å². The number of hydrogen-bond acceptors (Lipinski definition) is 3. The molecular weight excluding hydrogens is 204 g/mol. The fraction of sp³-hybridized carbons (Fsp3) is 0.750. The Morgan fingerprint density at radius 1 is 1.47 bits per heavy atom. The van der Waals surface area contributed by atoms with Gasteiger partial charge in [-0.25, -0.2) is 4.98 Å². The predicted molar refractivity (Wildman–Crippen MR) is 65.2 cm³/mol. The monoisotopic (exact) mass is 224 g/mol. The average molecular weight is 224 g/mol. The van der Waals surface area contributed by atoms with Crippen molar-refractivity contribution >= 4 is 11.3 Å². The Hall–Kier alpha value is -0.410. The van der Waals surface area contributed by atoms with Gasteiger partial charge in [0.2, 0.25) is 0 Å². The van der Waals surface area contributed by atoms with Crippen molar-refractivity contribution in [3.05, 3.63) is 15.6 Å². The van der Waals surface area contributed by atoms with Crippen LogP contribution in [0.5, 0.6) is 0 Å². The molecule has 0 radical (unpaired) electrons. The molecule has 0 aromatic carbocycles. The van der Waals surface area contributed by atoms with Crippen molar-refractivity contribution < 1.29 is 0 Å². The quantitative estimate of drug-likeness (QED) is 0.831. The first kappa shape index (κ1) is 11.1. The number of rotatable bonds is 5. The summed E-state index contributed by atoms with van der Waals surface area (Å²) in [6, 6.07) is 0.717. The summed E-state index contributed by atoms with van der Waals surface area (Å²) in [5.74, 6) is 0.942. The molecule has 3 heteroatoms. The molecule has 1 atom stereocenters. The largest absolute Gasteiger partial charge is 0.307 e. The Bertz CT molecular complexity index is 309. The molecule has 2 nitrogen and oxygen atoms in total. The molecule has 0 bridgehead atoms. The Balaban J connectivity index is 1.86. The van der Waals surface area contributed by atoms with E-state index in [1.54, 1.807) is 0 Å². The van der Waals surface area contributed by atoms with Gasteiger partial charge < -0.3 is 5.32 Å². The summed E-state index contributed by atoms with van der Waals surface area (Å²) >= 11 is 1.83. The first-order chi connectivity index (χ1) is 7.20. The minimum Gasteiger partial charge on any atom is -0.307 e.